The van der Waals surface area contributed by atoms with E-state index < -0.39 is 15.9 Å². The molecule has 3 aromatic rings. The predicted octanol–water partition coefficient (Wildman–Crippen LogP) is 2.45. The van der Waals surface area contributed by atoms with E-state index >= 15 is 0 Å². The highest BCUT2D eigenvalue weighted by Crippen LogP contribution is 2.32. The van der Waals surface area contributed by atoms with Crippen LogP contribution in [-0.4, -0.2) is 76.4 Å². The van der Waals surface area contributed by atoms with E-state index in [1.54, 1.807) is 18.2 Å². The number of hydrogen-bond donors (Lipinski definition) is 1. The van der Waals surface area contributed by atoms with Crippen molar-refractivity contribution in [1.82, 2.24) is 9.46 Å². The van der Waals surface area contributed by atoms with Gasteiger partial charge in [-0.05, 0) is 18.2 Å². The van der Waals surface area contributed by atoms with Crippen LogP contribution in [0.3, 0.4) is 0 Å². The second kappa shape index (κ2) is 10.2. The van der Waals surface area contributed by atoms with E-state index in [0.717, 1.165) is 5.56 Å². The van der Waals surface area contributed by atoms with Crippen molar-refractivity contribution in [3.63, 3.8) is 0 Å². The largest absolute Gasteiger partial charge is 0.379 e. The highest BCUT2D eigenvalue weighted by Gasteiger charge is 2.28. The molecule has 10 nitrogen and oxygen atoms in total. The molecule has 184 valence electrons. The van der Waals surface area contributed by atoms with Gasteiger partial charge in [-0.15, -0.1) is 0 Å². The Balaban J connectivity index is 1.45. The number of carbonyl (C=O) groups is 1. The molecule has 2 aromatic carbocycles. The van der Waals surface area contributed by atoms with Gasteiger partial charge in [0, 0.05) is 37.8 Å². The van der Waals surface area contributed by atoms with Gasteiger partial charge in [-0.1, -0.05) is 35.5 Å². The van der Waals surface area contributed by atoms with Crippen LogP contribution in [0.25, 0.3) is 11.3 Å². The number of morpholine rings is 2. The molecule has 11 heteroatoms. The topological polar surface area (TPSA) is 114 Å². The lowest BCUT2D eigenvalue weighted by atomic mass is 10.1. The molecule has 3 heterocycles. The molecule has 35 heavy (non-hydrogen) atoms. The number of amides is 1. The fourth-order valence-electron chi connectivity index (χ4n) is 4.10. The van der Waals surface area contributed by atoms with E-state index in [2.05, 4.69) is 15.4 Å². The summed E-state index contributed by atoms with van der Waals surface area (Å²) in [5.41, 5.74) is 2.00. The zero-order chi connectivity index (χ0) is 24.3. The number of rotatable bonds is 6. The van der Waals surface area contributed by atoms with E-state index in [4.69, 9.17) is 14.0 Å². The highest BCUT2D eigenvalue weighted by atomic mass is 32.2. The van der Waals surface area contributed by atoms with Crippen LogP contribution >= 0.6 is 0 Å². The van der Waals surface area contributed by atoms with Gasteiger partial charge in [0.05, 0.1) is 42.7 Å². The summed E-state index contributed by atoms with van der Waals surface area (Å²) in [5, 5.41) is 6.77. The minimum absolute atomic E-state index is 0.0956. The molecular weight excluding hydrogens is 472 g/mol. The Bertz CT molecular complexity index is 1280. The van der Waals surface area contributed by atoms with Gasteiger partial charge >= 0.3 is 0 Å². The molecule has 5 rings (SSSR count). The normalized spacial score (nSPS) is 17.3. The molecule has 1 N–H and O–H groups in total. The standard InChI is InChI=1S/C24H26N4O6S/c29-24(21-17-23(34-26-21)18-4-2-1-3-5-18)25-20-16-19(35(30,31)28-10-14-33-15-11-28)6-7-22(20)27-8-12-32-13-9-27/h1-7,16-17H,8-15H2,(H,25,29). The van der Waals surface area contributed by atoms with Crippen molar-refractivity contribution < 1.29 is 27.2 Å². The summed E-state index contributed by atoms with van der Waals surface area (Å²) in [4.78, 5) is 15.3. The Labute approximate surface area is 203 Å². The van der Waals surface area contributed by atoms with Crippen LogP contribution in [0.1, 0.15) is 10.5 Å². The van der Waals surface area contributed by atoms with Crippen molar-refractivity contribution in [1.29, 1.82) is 0 Å². The number of nitrogens with zero attached hydrogens (tertiary/aromatic N) is 3. The summed E-state index contributed by atoms with van der Waals surface area (Å²) in [7, 11) is -3.74. The highest BCUT2D eigenvalue weighted by molar-refractivity contribution is 7.89. The Hall–Kier alpha value is -3.25. The second-order valence-corrected chi connectivity index (χ2v) is 10.1. The summed E-state index contributed by atoms with van der Waals surface area (Å²) >= 11 is 0. The minimum atomic E-state index is -3.74. The molecule has 0 radical (unpaired) electrons. The molecule has 0 aliphatic carbocycles. The van der Waals surface area contributed by atoms with Gasteiger partial charge < -0.3 is 24.2 Å². The van der Waals surface area contributed by atoms with Gasteiger partial charge in [0.2, 0.25) is 10.0 Å². The molecule has 2 aliphatic heterocycles. The van der Waals surface area contributed by atoms with Gasteiger partial charge in [-0.3, -0.25) is 4.79 Å². The van der Waals surface area contributed by atoms with Crippen molar-refractivity contribution in [2.75, 3.05) is 62.8 Å². The van der Waals surface area contributed by atoms with Crippen LogP contribution in [0.2, 0.25) is 0 Å². The van der Waals surface area contributed by atoms with Gasteiger partial charge in [0.1, 0.15) is 0 Å². The van der Waals surface area contributed by atoms with Crippen LogP contribution in [0.5, 0.6) is 0 Å². The molecule has 1 aromatic heterocycles. The van der Waals surface area contributed by atoms with Crippen LogP contribution in [0.15, 0.2) is 64.0 Å². The van der Waals surface area contributed by atoms with Crippen molar-refractivity contribution in [2.24, 2.45) is 0 Å². The van der Waals surface area contributed by atoms with Crippen LogP contribution < -0.4 is 10.2 Å². The summed E-state index contributed by atoms with van der Waals surface area (Å²) in [6.07, 6.45) is 0. The zero-order valence-corrected chi connectivity index (χ0v) is 19.9. The molecule has 2 fully saturated rings. The van der Waals surface area contributed by atoms with Crippen molar-refractivity contribution >= 4 is 27.3 Å². The van der Waals surface area contributed by atoms with E-state index in [0.29, 0.717) is 56.7 Å². The molecule has 0 bridgehead atoms. The number of ether oxygens (including phenoxy) is 2. The fourth-order valence-corrected chi connectivity index (χ4v) is 5.53. The maximum absolute atomic E-state index is 13.2. The summed E-state index contributed by atoms with van der Waals surface area (Å²) < 4.78 is 44.0. The number of anilines is 2. The van der Waals surface area contributed by atoms with Gasteiger partial charge in [0.25, 0.3) is 5.91 Å². The van der Waals surface area contributed by atoms with Gasteiger partial charge in [-0.2, -0.15) is 4.31 Å². The van der Waals surface area contributed by atoms with E-state index in [1.807, 2.05) is 30.3 Å². The van der Waals surface area contributed by atoms with Crippen LogP contribution in [0.4, 0.5) is 11.4 Å². The van der Waals surface area contributed by atoms with E-state index in [-0.39, 0.29) is 23.7 Å². The van der Waals surface area contributed by atoms with Gasteiger partial charge in [-0.25, -0.2) is 8.42 Å². The molecular formula is C24H26N4O6S. The first-order chi connectivity index (χ1) is 17.0. The first-order valence-electron chi connectivity index (χ1n) is 11.4. The number of aromatic nitrogens is 1. The first kappa shape index (κ1) is 23.5. The van der Waals surface area contributed by atoms with Crippen molar-refractivity contribution in [3.8, 4) is 11.3 Å². The monoisotopic (exact) mass is 498 g/mol. The number of carbonyl (C=O) groups excluding carboxylic acids is 1. The lowest BCUT2D eigenvalue weighted by Crippen LogP contribution is -2.40. The Morgan fingerprint density at radius 3 is 2.29 bits per heavy atom. The van der Waals surface area contributed by atoms with Crippen molar-refractivity contribution in [2.45, 2.75) is 4.90 Å². The second-order valence-electron chi connectivity index (χ2n) is 8.19. The molecule has 0 saturated carbocycles. The molecule has 2 saturated heterocycles. The average Bonchev–Trinajstić information content (AvgIpc) is 3.41. The van der Waals surface area contributed by atoms with Gasteiger partial charge in [0.15, 0.2) is 11.5 Å². The molecule has 2 aliphatic rings. The molecule has 1 amide bonds. The zero-order valence-electron chi connectivity index (χ0n) is 19.1. The first-order valence-corrected chi connectivity index (χ1v) is 12.8. The Morgan fingerprint density at radius 2 is 1.57 bits per heavy atom. The predicted molar refractivity (Wildman–Crippen MR) is 129 cm³/mol. The molecule has 0 atom stereocenters. The summed E-state index contributed by atoms with van der Waals surface area (Å²) in [6.45, 7) is 3.62. The Kier molecular flexibility index (Phi) is 6.82. The number of benzene rings is 2. The number of hydrogen-bond acceptors (Lipinski definition) is 8. The fraction of sp³-hybridized carbons (Fsp3) is 0.333. The summed E-state index contributed by atoms with van der Waals surface area (Å²) in [6, 6.07) is 15.7. The minimum Gasteiger partial charge on any atom is -0.379 e. The number of nitrogens with one attached hydrogen (secondary N) is 1. The SMILES string of the molecule is O=C(Nc1cc(S(=O)(=O)N2CCOCC2)ccc1N1CCOCC1)c1cc(-c2ccccc2)on1. The van der Waals surface area contributed by atoms with E-state index in [1.165, 1.54) is 10.4 Å². The van der Waals surface area contributed by atoms with Crippen LogP contribution in [0, 0.1) is 0 Å². The maximum atomic E-state index is 13.2. The third kappa shape index (κ3) is 5.08. The smallest absolute Gasteiger partial charge is 0.277 e. The van der Waals surface area contributed by atoms with Crippen molar-refractivity contribution in [3.05, 3.63) is 60.3 Å². The third-order valence-corrected chi connectivity index (χ3v) is 7.87. The molecule has 0 spiro atoms. The lowest BCUT2D eigenvalue weighted by molar-refractivity contribution is 0.0730. The van der Waals surface area contributed by atoms with E-state index in [9.17, 15) is 13.2 Å². The third-order valence-electron chi connectivity index (χ3n) is 5.98. The molecule has 0 unspecified atom stereocenters. The average molecular weight is 499 g/mol. The number of sulfonamides is 1. The Morgan fingerprint density at radius 1 is 0.886 bits per heavy atom. The quantitative estimate of drug-likeness (QED) is 0.551. The van der Waals surface area contributed by atoms with Crippen LogP contribution in [-0.2, 0) is 19.5 Å². The lowest BCUT2D eigenvalue weighted by Gasteiger charge is -2.31. The summed E-state index contributed by atoms with van der Waals surface area (Å²) in [5.74, 6) is -0.0286. The maximum Gasteiger partial charge on any atom is 0.277 e.